The van der Waals surface area contributed by atoms with Gasteiger partial charge >= 0.3 is 0 Å². The van der Waals surface area contributed by atoms with Crippen molar-refractivity contribution in [3.63, 3.8) is 0 Å². The molecule has 1 aliphatic heterocycles. The molecule has 5 heteroatoms. The fourth-order valence-electron chi connectivity index (χ4n) is 1.66. The van der Waals surface area contributed by atoms with Crippen molar-refractivity contribution in [2.45, 2.75) is 18.9 Å². The second-order valence-electron chi connectivity index (χ2n) is 3.83. The smallest absolute Gasteiger partial charge is 0.152 e. The maximum atomic E-state index is 13.3. The topological polar surface area (TPSA) is 21.3 Å². The third-order valence-electron chi connectivity index (χ3n) is 2.54. The lowest BCUT2D eigenvalue weighted by Gasteiger charge is -2.20. The Bertz CT molecular complexity index is 411. The average molecular weight is 243 g/mol. The molecule has 0 saturated carbocycles. The van der Waals surface area contributed by atoms with Crippen LogP contribution in [0.1, 0.15) is 12.8 Å². The van der Waals surface area contributed by atoms with Gasteiger partial charge in [-0.2, -0.15) is 0 Å². The third-order valence-corrected chi connectivity index (χ3v) is 2.54. The molecule has 0 saturated heterocycles. The Labute approximate surface area is 97.1 Å². The summed E-state index contributed by atoms with van der Waals surface area (Å²) in [5, 5.41) is 2.60. The summed E-state index contributed by atoms with van der Waals surface area (Å²) in [6, 6.07) is 1.29. The van der Waals surface area contributed by atoms with Crippen LogP contribution >= 0.6 is 0 Å². The van der Waals surface area contributed by atoms with E-state index in [-0.39, 0.29) is 18.3 Å². The molecule has 1 aliphatic rings. The van der Waals surface area contributed by atoms with Crippen molar-refractivity contribution in [2.24, 2.45) is 0 Å². The van der Waals surface area contributed by atoms with Crippen LogP contribution in [0.4, 0.5) is 18.9 Å². The maximum Gasteiger partial charge on any atom is 0.152 e. The molecule has 17 heavy (non-hydrogen) atoms. The van der Waals surface area contributed by atoms with Crippen molar-refractivity contribution in [3.05, 3.63) is 41.9 Å². The third kappa shape index (κ3) is 2.93. The molecule has 0 bridgehead atoms. The zero-order valence-electron chi connectivity index (χ0n) is 9.05. The molecule has 2 nitrogen and oxygen atoms in total. The van der Waals surface area contributed by atoms with Crippen LogP contribution in [0.5, 0.6) is 0 Å². The van der Waals surface area contributed by atoms with Gasteiger partial charge in [0.15, 0.2) is 11.6 Å². The van der Waals surface area contributed by atoms with E-state index in [4.69, 9.17) is 4.74 Å². The number of halogens is 3. The minimum Gasteiger partial charge on any atom is -0.497 e. The average Bonchev–Trinajstić information content (AvgIpc) is 2.29. The van der Waals surface area contributed by atoms with Crippen LogP contribution in [-0.4, -0.2) is 12.6 Å². The van der Waals surface area contributed by atoms with Crippen LogP contribution < -0.4 is 5.32 Å². The van der Waals surface area contributed by atoms with Gasteiger partial charge in [-0.3, -0.25) is 0 Å². The van der Waals surface area contributed by atoms with E-state index in [1.165, 1.54) is 0 Å². The van der Waals surface area contributed by atoms with Gasteiger partial charge in [0.2, 0.25) is 0 Å². The van der Waals surface area contributed by atoms with Crippen LogP contribution in [-0.2, 0) is 4.74 Å². The molecule has 0 spiro atoms. The van der Waals surface area contributed by atoms with Crippen molar-refractivity contribution in [1.82, 2.24) is 0 Å². The molecule has 0 amide bonds. The molecule has 1 heterocycles. The molecule has 1 atom stereocenters. The Balaban J connectivity index is 2.01. The van der Waals surface area contributed by atoms with E-state index in [9.17, 15) is 13.2 Å². The van der Waals surface area contributed by atoms with Gasteiger partial charge in [0.05, 0.1) is 12.8 Å². The highest BCUT2D eigenvalue weighted by atomic mass is 19.1. The quantitative estimate of drug-likeness (QED) is 0.880. The maximum absolute atomic E-state index is 13.3. The molecule has 1 unspecified atom stereocenters. The monoisotopic (exact) mass is 243 g/mol. The van der Waals surface area contributed by atoms with E-state index in [2.05, 4.69) is 5.32 Å². The van der Waals surface area contributed by atoms with Crippen molar-refractivity contribution in [2.75, 3.05) is 11.9 Å². The summed E-state index contributed by atoms with van der Waals surface area (Å²) in [6.45, 7) is 0.282. The first-order valence-electron chi connectivity index (χ1n) is 5.35. The summed E-state index contributed by atoms with van der Waals surface area (Å²) in [7, 11) is 0. The zero-order valence-corrected chi connectivity index (χ0v) is 9.05. The number of allylic oxidation sites excluding steroid dienone is 1. The van der Waals surface area contributed by atoms with Gasteiger partial charge in [0, 0.05) is 12.1 Å². The minimum absolute atomic E-state index is 0.121. The number of benzene rings is 1. The lowest BCUT2D eigenvalue weighted by atomic mass is 10.1. The number of nitrogens with one attached hydrogen (secondary N) is 1. The fourth-order valence-corrected chi connectivity index (χ4v) is 1.66. The summed E-state index contributed by atoms with van der Waals surface area (Å²) in [4.78, 5) is 0. The van der Waals surface area contributed by atoms with Gasteiger partial charge in [-0.25, -0.2) is 13.2 Å². The van der Waals surface area contributed by atoms with E-state index < -0.39 is 17.5 Å². The highest BCUT2D eigenvalue weighted by Gasteiger charge is 2.15. The molecule has 0 aromatic heterocycles. The second kappa shape index (κ2) is 5.12. The molecule has 92 valence electrons. The zero-order chi connectivity index (χ0) is 12.3. The van der Waals surface area contributed by atoms with Gasteiger partial charge < -0.3 is 10.1 Å². The van der Waals surface area contributed by atoms with Crippen LogP contribution in [0, 0.1) is 17.5 Å². The van der Waals surface area contributed by atoms with Crippen molar-refractivity contribution in [1.29, 1.82) is 0 Å². The summed E-state index contributed by atoms with van der Waals surface area (Å²) in [5.74, 6) is -2.80. The standard InChI is InChI=1S/C12H12F3NO/c13-8-5-10(14)12(11(15)6-8)16-7-9-3-1-2-4-17-9/h2,4-6,9,16H,1,3,7H2. The van der Waals surface area contributed by atoms with Crippen molar-refractivity contribution < 1.29 is 17.9 Å². The number of hydrogen-bond acceptors (Lipinski definition) is 2. The van der Waals surface area contributed by atoms with E-state index in [1.54, 1.807) is 6.26 Å². The first kappa shape index (κ1) is 11.8. The molecule has 1 aromatic carbocycles. The fraction of sp³-hybridized carbons (Fsp3) is 0.333. The SMILES string of the molecule is Fc1cc(F)c(NCC2CCC=CO2)c(F)c1. The molecule has 2 rings (SSSR count). The Morgan fingerprint density at radius 1 is 1.24 bits per heavy atom. The number of anilines is 1. The van der Waals surface area contributed by atoms with E-state index in [1.807, 2.05) is 6.08 Å². The van der Waals surface area contributed by atoms with E-state index in [0.29, 0.717) is 12.1 Å². The molecule has 0 aliphatic carbocycles. The largest absolute Gasteiger partial charge is 0.497 e. The minimum atomic E-state index is -0.936. The number of ether oxygens (including phenoxy) is 1. The lowest BCUT2D eigenvalue weighted by Crippen LogP contribution is -2.23. The molecule has 1 aromatic rings. The van der Waals surface area contributed by atoms with Crippen molar-refractivity contribution in [3.8, 4) is 0 Å². The van der Waals surface area contributed by atoms with Gasteiger partial charge in [0.25, 0.3) is 0 Å². The summed E-state index contributed by atoms with van der Waals surface area (Å²) in [5.41, 5.74) is -0.315. The molecule has 1 N–H and O–H groups in total. The second-order valence-corrected chi connectivity index (χ2v) is 3.83. The number of hydrogen-bond donors (Lipinski definition) is 1. The molecule has 0 fully saturated rings. The van der Waals surface area contributed by atoms with Gasteiger partial charge in [-0.1, -0.05) is 0 Å². The number of rotatable bonds is 3. The Morgan fingerprint density at radius 3 is 2.53 bits per heavy atom. The molecular formula is C12H12F3NO. The predicted octanol–water partition coefficient (Wildman–Crippen LogP) is 3.21. The van der Waals surface area contributed by atoms with Crippen LogP contribution in [0.2, 0.25) is 0 Å². The normalized spacial score (nSPS) is 18.9. The van der Waals surface area contributed by atoms with Gasteiger partial charge in [-0.05, 0) is 18.9 Å². The molecule has 0 radical (unpaired) electrons. The van der Waals surface area contributed by atoms with Crippen LogP contribution in [0.15, 0.2) is 24.5 Å². The predicted molar refractivity (Wildman–Crippen MR) is 58.1 cm³/mol. The first-order valence-corrected chi connectivity index (χ1v) is 5.35. The Hall–Kier alpha value is -1.65. The van der Waals surface area contributed by atoms with Crippen molar-refractivity contribution >= 4 is 5.69 Å². The highest BCUT2D eigenvalue weighted by Crippen LogP contribution is 2.21. The van der Waals surface area contributed by atoms with Gasteiger partial charge in [-0.15, -0.1) is 0 Å². The van der Waals surface area contributed by atoms with Crippen LogP contribution in [0.3, 0.4) is 0 Å². The lowest BCUT2D eigenvalue weighted by molar-refractivity contribution is 0.135. The van der Waals surface area contributed by atoms with Gasteiger partial charge in [0.1, 0.15) is 17.6 Å². The Morgan fingerprint density at radius 2 is 1.94 bits per heavy atom. The summed E-state index contributed by atoms with van der Waals surface area (Å²) < 4.78 is 44.4. The summed E-state index contributed by atoms with van der Waals surface area (Å²) >= 11 is 0. The van der Waals surface area contributed by atoms with E-state index >= 15 is 0 Å². The Kier molecular flexibility index (Phi) is 3.56. The summed E-state index contributed by atoms with van der Waals surface area (Å²) in [6.07, 6.45) is 5.00. The van der Waals surface area contributed by atoms with Crippen LogP contribution in [0.25, 0.3) is 0 Å². The first-order chi connectivity index (χ1) is 8.16. The van der Waals surface area contributed by atoms with E-state index in [0.717, 1.165) is 12.8 Å². The highest BCUT2D eigenvalue weighted by molar-refractivity contribution is 5.46. The molecular weight excluding hydrogens is 231 g/mol.